The largest absolute Gasteiger partial charge is 0.478 e. The Labute approximate surface area is 357 Å². The van der Waals surface area contributed by atoms with E-state index in [9.17, 15) is 83.6 Å². The van der Waals surface area contributed by atoms with Crippen molar-refractivity contribution in [2.45, 2.75) is 77.3 Å². The summed E-state index contributed by atoms with van der Waals surface area (Å²) in [6, 6.07) is 0. The third kappa shape index (κ3) is 9.38. The zero-order valence-electron chi connectivity index (χ0n) is 22.1. The van der Waals surface area contributed by atoms with Crippen LogP contribution in [0.4, 0.5) is 92.2 Å². The number of alkyl halides is 33. The molecule has 38 heteroatoms. The molecule has 0 heterocycles. The van der Waals surface area contributed by atoms with E-state index in [1.54, 1.807) is 0 Å². The maximum atomic E-state index is 15.6. The molecule has 3 unspecified atom stereocenters. The molecule has 0 bridgehead atoms. The van der Waals surface area contributed by atoms with Gasteiger partial charge in [-0.25, -0.2) is 17.7 Å². The highest BCUT2D eigenvalue weighted by molar-refractivity contribution is 9.13. The first kappa shape index (κ1) is 56.3. The van der Waals surface area contributed by atoms with Gasteiger partial charge in [-0.3, -0.25) is 13.6 Å². The van der Waals surface area contributed by atoms with Gasteiger partial charge in [0.25, 0.3) is 30.5 Å². The summed E-state index contributed by atoms with van der Waals surface area (Å²) in [5.74, 6) is 0. The Bertz CT molecular complexity index is 1180. The standard InChI is InChI=1S/C15Br6Cl6F21O4P/c16-4(28,7(19,31)32)1(10(22,37)38,11(23,39)40)50-53(49,51-2(12(24,41)42,13(25,43)44)5(17,29)8(20,33)34)52-3(14(26,45)46,15(27,47)48)6(18,30)9(21,35)36. The molecule has 0 aromatic rings. The minimum atomic E-state index is -9.92. The first-order chi connectivity index (χ1) is 22.1. The van der Waals surface area contributed by atoms with E-state index in [0.29, 0.717) is 95.6 Å². The van der Waals surface area contributed by atoms with Crippen LogP contribution in [0.25, 0.3) is 0 Å². The van der Waals surface area contributed by atoms with Crippen LogP contribution >= 0.6 is 173 Å². The van der Waals surface area contributed by atoms with E-state index in [1.165, 1.54) is 0 Å². The Morgan fingerprint density at radius 1 is 0.321 bits per heavy atom. The molecule has 0 fully saturated rings. The minimum absolute atomic E-state index is 0.642. The van der Waals surface area contributed by atoms with Gasteiger partial charge < -0.3 is 0 Å². The van der Waals surface area contributed by atoms with E-state index in [4.69, 9.17) is 0 Å². The van der Waals surface area contributed by atoms with E-state index in [-0.39, 0.29) is 0 Å². The lowest BCUT2D eigenvalue weighted by molar-refractivity contribution is -0.311. The van der Waals surface area contributed by atoms with Gasteiger partial charge in [-0.05, 0) is 165 Å². The van der Waals surface area contributed by atoms with E-state index < -0.39 is 85.1 Å². The summed E-state index contributed by atoms with van der Waals surface area (Å²) < 4.78 is 313. The fourth-order valence-corrected chi connectivity index (χ4v) is 11.2. The van der Waals surface area contributed by atoms with Crippen molar-refractivity contribution in [3.63, 3.8) is 0 Å². The van der Waals surface area contributed by atoms with E-state index in [2.05, 4.69) is 83.2 Å². The highest BCUT2D eigenvalue weighted by Gasteiger charge is 2.93. The van der Waals surface area contributed by atoms with Crippen molar-refractivity contribution < 1.29 is 110 Å². The van der Waals surface area contributed by atoms with E-state index in [1.807, 2.05) is 0 Å². The Hall–Kier alpha value is 3.26. The van der Waals surface area contributed by atoms with Crippen molar-refractivity contribution in [2.24, 2.45) is 0 Å². The van der Waals surface area contributed by atoms with Gasteiger partial charge in [0.1, 0.15) is 0 Å². The quantitative estimate of drug-likeness (QED) is 0.0779. The zero-order valence-corrected chi connectivity index (χ0v) is 37.0. The summed E-state index contributed by atoms with van der Waals surface area (Å²) in [6.45, 7) is 0. The van der Waals surface area contributed by atoms with Crippen molar-refractivity contribution in [2.75, 3.05) is 0 Å². The molecule has 0 aliphatic heterocycles. The summed E-state index contributed by atoms with van der Waals surface area (Å²) in [6.07, 6.45) is 0. The number of phosphoric acid groups is 1. The van der Waals surface area contributed by atoms with Crippen molar-refractivity contribution in [3.05, 3.63) is 0 Å². The van der Waals surface area contributed by atoms with Gasteiger partial charge in [-0.2, -0.15) is 79.0 Å². The Morgan fingerprint density at radius 2 is 0.434 bits per heavy atom. The first-order valence-corrected chi connectivity index (χ1v) is 19.1. The summed E-state index contributed by atoms with van der Waals surface area (Å²) in [7, 11) is -9.92. The van der Waals surface area contributed by atoms with Gasteiger partial charge in [-0.15, -0.1) is 0 Å². The number of halogens is 33. The highest BCUT2D eigenvalue weighted by atomic mass is 79.9. The molecular weight excluding hydrogens is 1370 g/mol. The van der Waals surface area contributed by atoms with Crippen LogP contribution in [0.15, 0.2) is 0 Å². The molecule has 0 N–H and O–H groups in total. The fraction of sp³-hybridized carbons (Fsp3) is 1.00. The lowest BCUT2D eigenvalue weighted by Gasteiger charge is -2.52. The number of hydrogen-bond acceptors (Lipinski definition) is 4. The average Bonchev–Trinajstić information content (AvgIpc) is 2.77. The number of hydrogen-bond donors (Lipinski definition) is 0. The van der Waals surface area contributed by atoms with Gasteiger partial charge in [0.05, 0.1) is 0 Å². The second-order valence-electron chi connectivity index (χ2n) is 8.97. The zero-order chi connectivity index (χ0) is 44.1. The maximum Gasteiger partial charge on any atom is 0.478 e. The van der Waals surface area contributed by atoms with Gasteiger partial charge in [0.15, 0.2) is 0 Å². The molecule has 3 atom stereocenters. The molecule has 0 saturated heterocycles. The van der Waals surface area contributed by atoms with E-state index in [0.717, 1.165) is 0 Å². The summed E-state index contributed by atoms with van der Waals surface area (Å²) in [5.41, 5.74) is -22.6. The van der Waals surface area contributed by atoms with Gasteiger partial charge in [0, 0.05) is 0 Å². The number of phosphoric ester groups is 1. The first-order valence-electron chi connectivity index (χ1n) is 10.6. The molecule has 0 saturated carbocycles. The maximum absolute atomic E-state index is 15.6. The van der Waals surface area contributed by atoms with Crippen molar-refractivity contribution >= 4 is 173 Å². The van der Waals surface area contributed by atoms with Gasteiger partial charge >= 0.3 is 54.6 Å². The molecule has 0 spiro atoms. The molecule has 0 aliphatic rings. The third-order valence-corrected chi connectivity index (χ3v) is 15.0. The van der Waals surface area contributed by atoms with Crippen LogP contribution in [-0.4, -0.2) is 77.3 Å². The average molecular weight is 1370 g/mol. The molecule has 4 nitrogen and oxygen atoms in total. The molecule has 0 radical (unpaired) electrons. The van der Waals surface area contributed by atoms with Crippen LogP contribution in [0, 0.1) is 0 Å². The van der Waals surface area contributed by atoms with Crippen LogP contribution in [0.1, 0.15) is 0 Å². The lowest BCUT2D eigenvalue weighted by atomic mass is 9.98. The second-order valence-corrected chi connectivity index (χ2v) is 19.5. The van der Waals surface area contributed by atoms with Crippen LogP contribution in [-0.2, 0) is 18.1 Å². The molecule has 320 valence electrons. The predicted octanol–water partition coefficient (Wildman–Crippen LogP) is 15.5. The molecule has 0 amide bonds. The third-order valence-electron chi connectivity index (χ3n) is 5.54. The Morgan fingerprint density at radius 3 is 0.509 bits per heavy atom. The Balaban J connectivity index is 9.75. The highest BCUT2D eigenvalue weighted by Crippen LogP contribution is 2.78. The van der Waals surface area contributed by atoms with Crippen molar-refractivity contribution in [1.29, 1.82) is 0 Å². The fourth-order valence-electron chi connectivity index (χ4n) is 3.19. The molecule has 0 rings (SSSR count). The van der Waals surface area contributed by atoms with Crippen LogP contribution < -0.4 is 0 Å². The summed E-state index contributed by atoms with van der Waals surface area (Å²) in [4.78, 5) is -19.3. The topological polar surface area (TPSA) is 44.8 Å². The van der Waals surface area contributed by atoms with Crippen molar-refractivity contribution in [1.82, 2.24) is 0 Å². The lowest BCUT2D eigenvalue weighted by Crippen LogP contribution is -2.74. The van der Waals surface area contributed by atoms with Crippen LogP contribution in [0.5, 0.6) is 0 Å². The van der Waals surface area contributed by atoms with Gasteiger partial charge in [0.2, 0.25) is 0 Å². The van der Waals surface area contributed by atoms with Gasteiger partial charge in [-0.1, -0.05) is 0 Å². The second kappa shape index (κ2) is 15.6. The minimum Gasteiger partial charge on any atom is -0.259 e. The van der Waals surface area contributed by atoms with Crippen LogP contribution in [0.3, 0.4) is 0 Å². The summed E-state index contributed by atoms with van der Waals surface area (Å²) in [5, 5.41) is -43.6. The summed E-state index contributed by atoms with van der Waals surface area (Å²) >= 11 is 29.0. The smallest absolute Gasteiger partial charge is 0.259 e. The molecular formula is C15Br6Cl6F21O4P. The molecule has 0 aromatic carbocycles. The molecule has 53 heavy (non-hydrogen) atoms. The SMILES string of the molecule is O=P(OC(C(F)(F)Cl)(C(F)(F)Cl)C(F)(Br)C(F)(F)Br)(OC(C(F)(F)Cl)(C(F)(F)Cl)C(F)(Br)C(F)(F)Br)OC(C(F)(F)Cl)(C(F)(F)Cl)C(F)(Br)C(F)(F)Br. The molecule has 0 aromatic heterocycles. The van der Waals surface area contributed by atoms with E-state index >= 15 is 13.2 Å². The Kier molecular flexibility index (Phi) is 16.5. The number of rotatable bonds is 18. The molecule has 0 aliphatic carbocycles. The van der Waals surface area contributed by atoms with Crippen molar-refractivity contribution in [3.8, 4) is 0 Å². The van der Waals surface area contributed by atoms with Crippen LogP contribution in [0.2, 0.25) is 0 Å². The predicted molar refractivity (Wildman–Crippen MR) is 164 cm³/mol. The normalized spacial score (nSPS) is 20.7. The monoisotopic (exact) mass is 1360 g/mol.